The molecule has 1 rings (SSSR count). The highest BCUT2D eigenvalue weighted by Crippen LogP contribution is 2.22. The van der Waals surface area contributed by atoms with Crippen LogP contribution in [0.15, 0.2) is 18.2 Å². The highest BCUT2D eigenvalue weighted by Gasteiger charge is 2.15. The van der Waals surface area contributed by atoms with E-state index in [0.29, 0.717) is 18.2 Å². The Labute approximate surface area is 145 Å². The highest BCUT2D eigenvalue weighted by atomic mass is 16.7. The third-order valence-electron chi connectivity index (χ3n) is 3.42. The fourth-order valence-electron chi connectivity index (χ4n) is 2.15. The number of aromatic nitrogens is 1. The molecule has 0 fully saturated rings. The molecule has 0 saturated heterocycles. The minimum Gasteiger partial charge on any atom is -0.462 e. The molecule has 0 aliphatic rings. The molecule has 0 amide bonds. The van der Waals surface area contributed by atoms with Gasteiger partial charge in [0.2, 0.25) is 0 Å². The Bertz CT molecular complexity index is 536. The van der Waals surface area contributed by atoms with Gasteiger partial charge in [0.25, 0.3) is 0 Å². The Morgan fingerprint density at radius 1 is 1.25 bits per heavy atom. The number of esters is 1. The van der Waals surface area contributed by atoms with E-state index < -0.39 is 6.29 Å². The van der Waals surface area contributed by atoms with E-state index in [9.17, 15) is 4.79 Å². The maximum atomic E-state index is 11.8. The molecule has 5 nitrogen and oxygen atoms in total. The van der Waals surface area contributed by atoms with Crippen LogP contribution in [0.2, 0.25) is 0 Å². The zero-order valence-electron chi connectivity index (χ0n) is 15.4. The van der Waals surface area contributed by atoms with Gasteiger partial charge in [0.1, 0.15) is 0 Å². The molecule has 0 N–H and O–H groups in total. The molecule has 5 heteroatoms. The van der Waals surface area contributed by atoms with Gasteiger partial charge < -0.3 is 14.2 Å². The Kier molecular flexibility index (Phi) is 9.27. The number of carbonyl (C=O) groups excluding carboxylic acids is 1. The largest absolute Gasteiger partial charge is 0.462 e. The molecule has 0 aliphatic heterocycles. The lowest BCUT2D eigenvalue weighted by atomic mass is 10.1. The first-order valence-electron chi connectivity index (χ1n) is 8.42. The lowest BCUT2D eigenvalue weighted by molar-refractivity contribution is -0.138. The molecular formula is C19H29NO4. The van der Waals surface area contributed by atoms with Crippen molar-refractivity contribution in [3.8, 4) is 0 Å². The van der Waals surface area contributed by atoms with Crippen LogP contribution in [0.4, 0.5) is 0 Å². The van der Waals surface area contributed by atoms with Crippen molar-refractivity contribution in [2.75, 3.05) is 20.8 Å². The van der Waals surface area contributed by atoms with Gasteiger partial charge >= 0.3 is 5.97 Å². The second kappa shape index (κ2) is 10.9. The summed E-state index contributed by atoms with van der Waals surface area (Å²) in [4.78, 5) is 16.4. The maximum Gasteiger partial charge on any atom is 0.330 e. The topological polar surface area (TPSA) is 57.7 Å². The Hall–Kier alpha value is -1.72. The van der Waals surface area contributed by atoms with E-state index in [1.165, 1.54) is 6.08 Å². The molecule has 0 atom stereocenters. The van der Waals surface area contributed by atoms with E-state index in [-0.39, 0.29) is 5.97 Å². The second-order valence-electron chi connectivity index (χ2n) is 6.04. The fourth-order valence-corrected chi connectivity index (χ4v) is 2.15. The molecule has 0 spiro atoms. The van der Waals surface area contributed by atoms with Crippen molar-refractivity contribution in [3.63, 3.8) is 0 Å². The molecule has 0 saturated carbocycles. The number of carbonyl (C=O) groups is 1. The van der Waals surface area contributed by atoms with Crippen LogP contribution in [-0.4, -0.2) is 31.8 Å². The number of rotatable bonds is 10. The summed E-state index contributed by atoms with van der Waals surface area (Å²) < 4.78 is 15.8. The minimum atomic E-state index is -0.524. The number of ether oxygens (including phenoxy) is 3. The van der Waals surface area contributed by atoms with Crippen LogP contribution in [0, 0.1) is 5.92 Å². The predicted molar refractivity (Wildman–Crippen MR) is 94.4 cm³/mol. The summed E-state index contributed by atoms with van der Waals surface area (Å²) in [5, 5.41) is 0. The summed E-state index contributed by atoms with van der Waals surface area (Å²) >= 11 is 0. The van der Waals surface area contributed by atoms with E-state index in [0.717, 1.165) is 30.5 Å². The molecule has 134 valence electrons. The number of hydrogen-bond donors (Lipinski definition) is 0. The first-order valence-corrected chi connectivity index (χ1v) is 8.42. The van der Waals surface area contributed by atoms with Crippen molar-refractivity contribution in [1.29, 1.82) is 0 Å². The molecule has 0 radical (unpaired) electrons. The molecular weight excluding hydrogens is 306 g/mol. The summed E-state index contributed by atoms with van der Waals surface area (Å²) in [5.74, 6) is -0.0680. The van der Waals surface area contributed by atoms with Crippen LogP contribution in [0.1, 0.15) is 56.9 Å². The standard InChI is InChI=1S/C19H29NO4/c1-6-7-8-15-9-10-16(19(22-4)23-5)17(20-15)11-12-18(21)24-13-14(2)3/h9-12,14,19H,6-8,13H2,1-5H3/b12-11+. The van der Waals surface area contributed by atoms with Gasteiger partial charge in [-0.3, -0.25) is 4.98 Å². The van der Waals surface area contributed by atoms with Crippen LogP contribution in [0.3, 0.4) is 0 Å². The third kappa shape index (κ3) is 6.81. The number of methoxy groups -OCH3 is 2. The van der Waals surface area contributed by atoms with Crippen molar-refractivity contribution in [2.45, 2.75) is 46.3 Å². The molecule has 0 aliphatic carbocycles. The summed E-state index contributed by atoms with van der Waals surface area (Å²) in [6.07, 6.45) is 5.63. The van der Waals surface area contributed by atoms with Crippen LogP contribution in [-0.2, 0) is 25.4 Å². The molecule has 1 aromatic rings. The first-order chi connectivity index (χ1) is 11.5. The number of hydrogen-bond acceptors (Lipinski definition) is 5. The fraction of sp³-hybridized carbons (Fsp3) is 0.579. The van der Waals surface area contributed by atoms with Gasteiger partial charge in [-0.15, -0.1) is 0 Å². The van der Waals surface area contributed by atoms with Gasteiger partial charge in [-0.1, -0.05) is 27.2 Å². The zero-order valence-corrected chi connectivity index (χ0v) is 15.4. The molecule has 1 aromatic heterocycles. The van der Waals surface area contributed by atoms with Crippen molar-refractivity contribution >= 4 is 12.0 Å². The normalized spacial score (nSPS) is 11.6. The Morgan fingerprint density at radius 3 is 2.54 bits per heavy atom. The quantitative estimate of drug-likeness (QED) is 0.368. The van der Waals surface area contributed by atoms with Crippen LogP contribution >= 0.6 is 0 Å². The average molecular weight is 335 g/mol. The van der Waals surface area contributed by atoms with Gasteiger partial charge in [-0.25, -0.2) is 4.79 Å². The van der Waals surface area contributed by atoms with Crippen molar-refractivity contribution in [2.24, 2.45) is 5.92 Å². The molecule has 1 heterocycles. The summed E-state index contributed by atoms with van der Waals surface area (Å²) in [6, 6.07) is 3.92. The number of unbranched alkanes of at least 4 members (excludes halogenated alkanes) is 1. The lowest BCUT2D eigenvalue weighted by Crippen LogP contribution is -2.09. The monoisotopic (exact) mass is 335 g/mol. The van der Waals surface area contributed by atoms with E-state index >= 15 is 0 Å². The Balaban J connectivity index is 2.99. The predicted octanol–water partition coefficient (Wildman–Crippen LogP) is 3.93. The van der Waals surface area contributed by atoms with Gasteiger partial charge in [0.05, 0.1) is 12.3 Å². The van der Waals surface area contributed by atoms with Crippen molar-refractivity contribution < 1.29 is 19.0 Å². The third-order valence-corrected chi connectivity index (χ3v) is 3.42. The maximum absolute atomic E-state index is 11.8. The summed E-state index contributed by atoms with van der Waals surface area (Å²) in [6.45, 7) is 6.54. The lowest BCUT2D eigenvalue weighted by Gasteiger charge is -2.16. The van der Waals surface area contributed by atoms with Crippen molar-refractivity contribution in [1.82, 2.24) is 4.98 Å². The molecule has 24 heavy (non-hydrogen) atoms. The van der Waals surface area contributed by atoms with E-state index in [2.05, 4.69) is 11.9 Å². The van der Waals surface area contributed by atoms with Gasteiger partial charge in [-0.2, -0.15) is 0 Å². The number of pyridine rings is 1. The van der Waals surface area contributed by atoms with Crippen LogP contribution < -0.4 is 0 Å². The van der Waals surface area contributed by atoms with E-state index in [1.54, 1.807) is 20.3 Å². The van der Waals surface area contributed by atoms with E-state index in [1.807, 2.05) is 26.0 Å². The van der Waals surface area contributed by atoms with Crippen LogP contribution in [0.5, 0.6) is 0 Å². The van der Waals surface area contributed by atoms with Gasteiger partial charge in [0.15, 0.2) is 6.29 Å². The zero-order chi connectivity index (χ0) is 17.9. The second-order valence-corrected chi connectivity index (χ2v) is 6.04. The summed E-state index contributed by atoms with van der Waals surface area (Å²) in [5.41, 5.74) is 2.44. The van der Waals surface area contributed by atoms with Crippen LogP contribution in [0.25, 0.3) is 6.08 Å². The first kappa shape index (κ1) is 20.3. The van der Waals surface area contributed by atoms with Crippen molar-refractivity contribution in [3.05, 3.63) is 35.2 Å². The number of aryl methyl sites for hydroxylation is 1. The minimum absolute atomic E-state index is 0.305. The average Bonchev–Trinajstić information content (AvgIpc) is 2.58. The SMILES string of the molecule is CCCCc1ccc(C(OC)OC)c(/C=C/C(=O)OCC(C)C)n1. The smallest absolute Gasteiger partial charge is 0.330 e. The summed E-state index contributed by atoms with van der Waals surface area (Å²) in [7, 11) is 3.15. The molecule has 0 aromatic carbocycles. The van der Waals surface area contributed by atoms with Gasteiger partial charge in [-0.05, 0) is 37.0 Å². The van der Waals surface area contributed by atoms with Gasteiger partial charge in [0, 0.05) is 31.6 Å². The molecule has 0 unspecified atom stereocenters. The van der Waals surface area contributed by atoms with E-state index in [4.69, 9.17) is 14.2 Å². The Morgan fingerprint density at radius 2 is 1.96 bits per heavy atom. The highest BCUT2D eigenvalue weighted by molar-refractivity contribution is 5.87. The number of nitrogens with zero attached hydrogens (tertiary/aromatic N) is 1. The molecule has 0 bridgehead atoms.